The van der Waals surface area contributed by atoms with Gasteiger partial charge in [-0.1, -0.05) is 41.5 Å². The first kappa shape index (κ1) is 43.1. The molecule has 0 aromatic carbocycles. The van der Waals surface area contributed by atoms with E-state index >= 15 is 4.39 Å². The Labute approximate surface area is 287 Å². The van der Waals surface area contributed by atoms with Crippen molar-refractivity contribution in [2.24, 2.45) is 23.5 Å². The normalized spacial score (nSPS) is 24.6. The molecule has 0 aliphatic carbocycles. The third kappa shape index (κ3) is 10.7. The summed E-state index contributed by atoms with van der Waals surface area (Å²) in [5, 5.41) is 21.6. The second-order valence-electron chi connectivity index (χ2n) is 12.7. The molecular weight excluding hydrogens is 696 g/mol. The molecule has 2 rings (SSSR count). The van der Waals surface area contributed by atoms with Crippen LogP contribution in [0.1, 0.15) is 61.6 Å². The summed E-state index contributed by atoms with van der Waals surface area (Å²) in [4.78, 5) is 62.4. The van der Waals surface area contributed by atoms with E-state index in [0.717, 1.165) is 26.1 Å². The lowest BCUT2D eigenvalue weighted by molar-refractivity contribution is -0.180. The molecule has 3 unspecified atom stereocenters. The van der Waals surface area contributed by atoms with E-state index in [2.05, 4.69) is 0 Å². The quantitative estimate of drug-likeness (QED) is 0.0762. The van der Waals surface area contributed by atoms with Gasteiger partial charge in [0.1, 0.15) is 18.3 Å². The molecule has 0 saturated carbocycles. The lowest BCUT2D eigenvalue weighted by Gasteiger charge is -2.34. The van der Waals surface area contributed by atoms with Crippen LogP contribution in [0.5, 0.6) is 0 Å². The number of halogens is 1. The lowest BCUT2D eigenvalue weighted by Crippen LogP contribution is -2.55. The minimum absolute atomic E-state index is 0.330. The fourth-order valence-electron chi connectivity index (χ4n) is 4.34. The van der Waals surface area contributed by atoms with Crippen molar-refractivity contribution in [2.45, 2.75) is 98.0 Å². The van der Waals surface area contributed by atoms with E-state index in [1.54, 1.807) is 27.7 Å². The Morgan fingerprint density at radius 3 is 2.20 bits per heavy atom. The Bertz CT molecular complexity index is 1500. The number of nitrogens with two attached hydrogens (primary N) is 1. The molecule has 1 aliphatic heterocycles. The number of esters is 3. The first-order chi connectivity index (χ1) is 23.1. The monoisotopic (exact) mass is 743 g/mol. The summed E-state index contributed by atoms with van der Waals surface area (Å²) in [7, 11) is -4.91. The molecule has 1 fully saturated rings. The number of aromatic nitrogens is 2. The lowest BCUT2D eigenvalue weighted by atomic mass is 9.88. The highest BCUT2D eigenvalue weighted by Gasteiger charge is 2.65. The molecule has 1 aliphatic rings. The first-order valence-electron chi connectivity index (χ1n) is 15.5. The molecule has 50 heavy (non-hydrogen) atoms. The maximum atomic E-state index is 15.1. The fraction of sp³-hybridized carbons (Fsp3) is 0.759. The average Bonchev–Trinajstić information content (AvgIpc) is 3.24. The summed E-state index contributed by atoms with van der Waals surface area (Å²) >= 11 is 0. The van der Waals surface area contributed by atoms with Crippen LogP contribution >= 0.6 is 7.82 Å². The number of phosphoric acid groups is 1. The zero-order valence-electron chi connectivity index (χ0n) is 29.1. The Balaban J connectivity index is 2.49. The Kier molecular flexibility index (Phi) is 15.4. The van der Waals surface area contributed by atoms with Crippen molar-refractivity contribution in [3.05, 3.63) is 33.1 Å². The van der Waals surface area contributed by atoms with E-state index in [0.29, 0.717) is 9.13 Å². The Morgan fingerprint density at radius 2 is 1.66 bits per heavy atom. The average molecular weight is 744 g/mol. The largest absolute Gasteiger partial charge is 0.479 e. The van der Waals surface area contributed by atoms with Gasteiger partial charge in [-0.2, -0.15) is 0 Å². The van der Waals surface area contributed by atoms with E-state index in [1.165, 1.54) is 13.8 Å². The topological polar surface area (TPSA) is 253 Å². The number of rotatable bonds is 19. The third-order valence-corrected chi connectivity index (χ3v) is 8.70. The Morgan fingerprint density at radius 1 is 1.04 bits per heavy atom. The SMILES string of the molecule is CC(=O)O[C@@H]1[C@@](CF)(COP(=O)(OCOC(=O)C(C)C)OCOC(O)C(C)C)O[C@@H](n2ccc(=O)n(COC(=O)C(N)C(C)C)c2=O)[C@]1(C)O. The van der Waals surface area contributed by atoms with Crippen LogP contribution < -0.4 is 17.0 Å². The summed E-state index contributed by atoms with van der Waals surface area (Å²) in [5.41, 5.74) is -1.36. The highest BCUT2D eigenvalue weighted by atomic mass is 31.2. The standard InChI is InChI=1S/C29H47FN3O16P/c1-16(2)21(31)24(38)42-13-33-20(35)9-10-32(27(33)39)26-28(8,40)25(48-19(7)34)29(11-30,49-26)12-45-50(41,46-14-43-22(36)17(3)4)47-15-44-23(37)18(5)6/h9-10,16-18,21-22,25-26,36,40H,11-15,31H2,1-8H3/t21?,22?,25-,26+,28+,29+,50?/m0/s1. The van der Waals surface area contributed by atoms with E-state index in [-0.39, 0.29) is 5.92 Å². The first-order valence-corrected chi connectivity index (χ1v) is 17.0. The van der Waals surface area contributed by atoms with Gasteiger partial charge in [-0.15, -0.1) is 0 Å². The predicted molar refractivity (Wildman–Crippen MR) is 167 cm³/mol. The number of nitrogens with zero attached hydrogens (tertiary/aromatic N) is 2. The van der Waals surface area contributed by atoms with Gasteiger partial charge in [0, 0.05) is 25.1 Å². The summed E-state index contributed by atoms with van der Waals surface area (Å²) in [5.74, 6) is -4.04. The summed E-state index contributed by atoms with van der Waals surface area (Å²) in [6.45, 7) is 6.00. The number of hydrogen-bond donors (Lipinski definition) is 3. The molecule has 19 nitrogen and oxygen atoms in total. The van der Waals surface area contributed by atoms with Gasteiger partial charge in [-0.25, -0.2) is 22.8 Å². The molecule has 4 N–H and O–H groups in total. The number of hydrogen-bond acceptors (Lipinski definition) is 17. The van der Waals surface area contributed by atoms with Crippen LogP contribution in [0.4, 0.5) is 4.39 Å². The van der Waals surface area contributed by atoms with Crippen molar-refractivity contribution in [3.63, 3.8) is 0 Å². The van der Waals surface area contributed by atoms with Crippen molar-refractivity contribution in [2.75, 3.05) is 26.9 Å². The number of ether oxygens (including phenoxy) is 5. The second kappa shape index (κ2) is 17.9. The van der Waals surface area contributed by atoms with Crippen molar-refractivity contribution in [1.82, 2.24) is 9.13 Å². The minimum atomic E-state index is -4.91. The van der Waals surface area contributed by atoms with Gasteiger partial charge < -0.3 is 39.6 Å². The van der Waals surface area contributed by atoms with Crippen LogP contribution in [0.2, 0.25) is 0 Å². The van der Waals surface area contributed by atoms with Crippen LogP contribution in [0.3, 0.4) is 0 Å². The highest BCUT2D eigenvalue weighted by Crippen LogP contribution is 2.53. The van der Waals surface area contributed by atoms with Crippen LogP contribution in [0.15, 0.2) is 21.9 Å². The van der Waals surface area contributed by atoms with Crippen molar-refractivity contribution < 1.29 is 70.8 Å². The van der Waals surface area contributed by atoms with Gasteiger partial charge in [-0.05, 0) is 12.8 Å². The number of alkyl halides is 1. The molecule has 286 valence electrons. The second-order valence-corrected chi connectivity index (χ2v) is 14.3. The van der Waals surface area contributed by atoms with Crippen LogP contribution in [-0.4, -0.2) is 93.8 Å². The summed E-state index contributed by atoms with van der Waals surface area (Å²) in [6, 6.07) is -0.202. The summed E-state index contributed by atoms with van der Waals surface area (Å²) < 4.78 is 71.4. The Hall–Kier alpha value is -3.07. The maximum absolute atomic E-state index is 15.1. The molecule has 1 aromatic heterocycles. The number of phosphoric ester groups is 1. The fourth-order valence-corrected chi connectivity index (χ4v) is 5.32. The van der Waals surface area contributed by atoms with E-state index in [1.807, 2.05) is 0 Å². The van der Waals surface area contributed by atoms with Gasteiger partial charge >= 0.3 is 31.4 Å². The van der Waals surface area contributed by atoms with Gasteiger partial charge in [0.05, 0.1) is 12.5 Å². The third-order valence-electron chi connectivity index (χ3n) is 7.41. The molecule has 2 heterocycles. The van der Waals surface area contributed by atoms with Crippen molar-refractivity contribution in [1.29, 1.82) is 0 Å². The van der Waals surface area contributed by atoms with E-state index in [9.17, 15) is 38.8 Å². The molecule has 0 amide bonds. The molecule has 1 aromatic rings. The molecule has 0 radical (unpaired) electrons. The van der Waals surface area contributed by atoms with Gasteiger partial charge in [0.15, 0.2) is 37.7 Å². The smallest absolute Gasteiger partial charge is 0.456 e. The van der Waals surface area contributed by atoms with Crippen molar-refractivity contribution >= 4 is 25.7 Å². The van der Waals surface area contributed by atoms with E-state index in [4.69, 9.17) is 43.0 Å². The number of aliphatic hydroxyl groups is 2. The van der Waals surface area contributed by atoms with Crippen molar-refractivity contribution in [3.8, 4) is 0 Å². The molecule has 0 bridgehead atoms. The van der Waals surface area contributed by atoms with E-state index < -0.39 is 118 Å². The molecule has 7 atom stereocenters. The molecular formula is C29H47FN3O16P. The van der Waals surface area contributed by atoms with Gasteiger partial charge in [0.25, 0.3) is 5.56 Å². The van der Waals surface area contributed by atoms with Crippen LogP contribution in [0, 0.1) is 17.8 Å². The zero-order chi connectivity index (χ0) is 38.2. The highest BCUT2D eigenvalue weighted by molar-refractivity contribution is 7.48. The van der Waals surface area contributed by atoms with Crippen LogP contribution in [-0.2, 0) is 62.9 Å². The van der Waals surface area contributed by atoms with Crippen LogP contribution in [0.25, 0.3) is 0 Å². The van der Waals surface area contributed by atoms with Gasteiger partial charge in [0.2, 0.25) is 6.79 Å². The molecule has 0 spiro atoms. The zero-order valence-corrected chi connectivity index (χ0v) is 30.0. The number of aliphatic hydroxyl groups excluding tert-OH is 1. The predicted octanol–water partition coefficient (Wildman–Crippen LogP) is 0.677. The number of carbonyl (C=O) groups excluding carboxylic acids is 3. The molecule has 1 saturated heterocycles. The number of carbonyl (C=O) groups is 3. The summed E-state index contributed by atoms with van der Waals surface area (Å²) in [6.07, 6.45) is -4.38. The minimum Gasteiger partial charge on any atom is -0.456 e. The molecule has 21 heteroatoms. The maximum Gasteiger partial charge on any atom is 0.479 e. The van der Waals surface area contributed by atoms with Gasteiger partial charge in [-0.3, -0.25) is 32.8 Å².